The van der Waals surface area contributed by atoms with Gasteiger partial charge in [-0.1, -0.05) is 11.6 Å². The molecule has 0 amide bonds. The van der Waals surface area contributed by atoms with Crippen LogP contribution in [0.2, 0.25) is 5.02 Å². The number of nitrogens with zero attached hydrogens (tertiary/aromatic N) is 1. The maximum atomic E-state index is 10.1. The number of aryl methyl sites for hydroxylation is 1. The Balaban J connectivity index is 2.51. The highest BCUT2D eigenvalue weighted by molar-refractivity contribution is 6.33. The van der Waals surface area contributed by atoms with Gasteiger partial charge in [0.1, 0.15) is 5.75 Å². The van der Waals surface area contributed by atoms with Crippen LogP contribution in [0.4, 0.5) is 0 Å². The fourth-order valence-corrected chi connectivity index (χ4v) is 2.60. The highest BCUT2D eigenvalue weighted by Crippen LogP contribution is 2.39. The first kappa shape index (κ1) is 11.2. The van der Waals surface area contributed by atoms with Crippen LogP contribution < -0.4 is 4.74 Å². The molecule has 1 aromatic carbocycles. The fourth-order valence-electron chi connectivity index (χ4n) is 2.19. The first-order chi connectivity index (χ1) is 7.77. The average molecular weight is 238 g/mol. The highest BCUT2D eigenvalue weighted by atomic mass is 35.5. The molecule has 0 N–H and O–H groups in total. The van der Waals surface area contributed by atoms with Crippen LogP contribution in [-0.2, 0) is 24.2 Å². The molecular formula is C12H12ClNO2. The molecule has 0 unspecified atom stereocenters. The number of fused-ring (bicyclic) bond motifs is 1. The number of carbonyl (C=O) groups excluding carboxylic acids is 1. The number of hydrogen-bond donors (Lipinski definition) is 0. The molecule has 1 aliphatic carbocycles. The summed E-state index contributed by atoms with van der Waals surface area (Å²) in [6.07, 6.45) is 4.69. The van der Waals surface area contributed by atoms with Gasteiger partial charge in [-0.2, -0.15) is 0 Å². The first-order valence-corrected chi connectivity index (χ1v) is 5.56. The zero-order chi connectivity index (χ0) is 11.5. The normalized spacial score (nSPS) is 13.1. The maximum absolute atomic E-state index is 10.1. The molecule has 0 spiro atoms. The first-order valence-electron chi connectivity index (χ1n) is 5.18. The average Bonchev–Trinajstić information content (AvgIpc) is 2.75. The van der Waals surface area contributed by atoms with Crippen LogP contribution in [-0.4, -0.2) is 13.2 Å². The molecule has 0 saturated carbocycles. The smallest absolute Gasteiger partial charge is 0.235 e. The largest absolute Gasteiger partial charge is 0.495 e. The molecular weight excluding hydrogens is 226 g/mol. The third kappa shape index (κ3) is 1.84. The van der Waals surface area contributed by atoms with E-state index in [4.69, 9.17) is 16.3 Å². The van der Waals surface area contributed by atoms with Gasteiger partial charge in [-0.25, -0.2) is 9.79 Å². The Kier molecular flexibility index (Phi) is 3.28. The van der Waals surface area contributed by atoms with E-state index in [9.17, 15) is 4.79 Å². The van der Waals surface area contributed by atoms with E-state index in [0.29, 0.717) is 10.8 Å². The minimum absolute atomic E-state index is 0.277. The molecule has 0 atom stereocenters. The van der Waals surface area contributed by atoms with Crippen LogP contribution in [0.3, 0.4) is 0 Å². The van der Waals surface area contributed by atoms with Crippen LogP contribution in [0, 0.1) is 0 Å². The van der Waals surface area contributed by atoms with E-state index >= 15 is 0 Å². The van der Waals surface area contributed by atoms with Gasteiger partial charge in [0.25, 0.3) is 0 Å². The van der Waals surface area contributed by atoms with Crippen molar-refractivity contribution < 1.29 is 9.53 Å². The second-order valence-electron chi connectivity index (χ2n) is 3.78. The van der Waals surface area contributed by atoms with Gasteiger partial charge in [0.15, 0.2) is 0 Å². The zero-order valence-corrected chi connectivity index (χ0v) is 9.80. The molecule has 0 fully saturated rings. The van der Waals surface area contributed by atoms with Crippen LogP contribution >= 0.6 is 11.6 Å². The van der Waals surface area contributed by atoms with Crippen molar-refractivity contribution in [1.29, 1.82) is 0 Å². The minimum Gasteiger partial charge on any atom is -0.495 e. The van der Waals surface area contributed by atoms with Gasteiger partial charge in [0.2, 0.25) is 6.08 Å². The van der Waals surface area contributed by atoms with Crippen molar-refractivity contribution in [2.24, 2.45) is 4.99 Å². The maximum Gasteiger partial charge on any atom is 0.235 e. The standard InChI is InChI=1S/C12H12ClNO2/c1-16-12-9(6-14-7-15)5-8-3-2-4-10(8)11(12)13/h5H,2-4,6H2,1H3. The van der Waals surface area contributed by atoms with Crippen LogP contribution in [0.5, 0.6) is 5.75 Å². The third-order valence-electron chi connectivity index (χ3n) is 2.88. The lowest BCUT2D eigenvalue weighted by atomic mass is 10.0. The number of isocyanates is 1. The second kappa shape index (κ2) is 4.69. The van der Waals surface area contributed by atoms with E-state index in [-0.39, 0.29) is 6.54 Å². The summed E-state index contributed by atoms with van der Waals surface area (Å²) in [4.78, 5) is 13.7. The van der Waals surface area contributed by atoms with Gasteiger partial charge in [-0.05, 0) is 36.5 Å². The monoisotopic (exact) mass is 237 g/mol. The van der Waals surface area contributed by atoms with Crippen molar-refractivity contribution in [2.75, 3.05) is 7.11 Å². The van der Waals surface area contributed by atoms with E-state index in [0.717, 1.165) is 24.8 Å². The molecule has 0 saturated heterocycles. The van der Waals surface area contributed by atoms with Crippen molar-refractivity contribution in [2.45, 2.75) is 25.8 Å². The van der Waals surface area contributed by atoms with Gasteiger partial charge in [-0.15, -0.1) is 0 Å². The minimum atomic E-state index is 0.277. The third-order valence-corrected chi connectivity index (χ3v) is 3.28. The SMILES string of the molecule is COc1c(CN=C=O)cc2c(c1Cl)CCC2. The van der Waals surface area contributed by atoms with E-state index < -0.39 is 0 Å². The summed E-state index contributed by atoms with van der Waals surface area (Å²) in [5, 5.41) is 0.675. The van der Waals surface area contributed by atoms with Crippen molar-refractivity contribution in [3.63, 3.8) is 0 Å². The molecule has 16 heavy (non-hydrogen) atoms. The molecule has 1 aliphatic rings. The lowest BCUT2D eigenvalue weighted by Gasteiger charge is -2.12. The zero-order valence-electron chi connectivity index (χ0n) is 9.05. The number of rotatable bonds is 3. The number of ether oxygens (including phenoxy) is 1. The molecule has 0 aliphatic heterocycles. The van der Waals surface area contributed by atoms with E-state index in [1.807, 2.05) is 6.07 Å². The van der Waals surface area contributed by atoms with E-state index in [1.165, 1.54) is 17.2 Å². The fraction of sp³-hybridized carbons (Fsp3) is 0.417. The predicted octanol–water partition coefficient (Wildman–Crippen LogP) is 2.67. The van der Waals surface area contributed by atoms with E-state index in [2.05, 4.69) is 4.99 Å². The quantitative estimate of drug-likeness (QED) is 0.599. The molecule has 84 valence electrons. The second-order valence-corrected chi connectivity index (χ2v) is 4.16. The van der Waals surface area contributed by atoms with Crippen molar-refractivity contribution in [3.05, 3.63) is 27.8 Å². The summed E-state index contributed by atoms with van der Waals surface area (Å²) in [6.45, 7) is 0.277. The summed E-state index contributed by atoms with van der Waals surface area (Å²) in [5.74, 6) is 0.640. The summed E-state index contributed by atoms with van der Waals surface area (Å²) < 4.78 is 5.28. The van der Waals surface area contributed by atoms with Gasteiger partial charge in [0.05, 0.1) is 18.7 Å². The van der Waals surface area contributed by atoms with Gasteiger partial charge in [0, 0.05) is 5.56 Å². The summed E-state index contributed by atoms with van der Waals surface area (Å²) in [6, 6.07) is 2.04. The summed E-state index contributed by atoms with van der Waals surface area (Å²) in [7, 11) is 1.58. The van der Waals surface area contributed by atoms with Crippen molar-refractivity contribution >= 4 is 17.7 Å². The lowest BCUT2D eigenvalue weighted by molar-refractivity contribution is 0.409. The molecule has 0 bridgehead atoms. The topological polar surface area (TPSA) is 38.7 Å². The Morgan fingerprint density at radius 1 is 1.56 bits per heavy atom. The summed E-state index contributed by atoms with van der Waals surface area (Å²) in [5.41, 5.74) is 3.29. The van der Waals surface area contributed by atoms with Gasteiger partial charge < -0.3 is 4.74 Å². The molecule has 0 heterocycles. The predicted molar refractivity (Wildman–Crippen MR) is 61.9 cm³/mol. The number of halogens is 1. The molecule has 1 aromatic rings. The molecule has 3 nitrogen and oxygen atoms in total. The van der Waals surface area contributed by atoms with Crippen molar-refractivity contribution in [3.8, 4) is 5.75 Å². The Labute approximate surface area is 99.1 Å². The molecule has 4 heteroatoms. The Morgan fingerprint density at radius 2 is 2.38 bits per heavy atom. The molecule has 2 rings (SSSR count). The Morgan fingerprint density at radius 3 is 3.06 bits per heavy atom. The summed E-state index contributed by atoms with van der Waals surface area (Å²) >= 11 is 6.27. The Hall–Kier alpha value is -1.31. The molecule has 0 aromatic heterocycles. The van der Waals surface area contributed by atoms with Gasteiger partial charge >= 0.3 is 0 Å². The Bertz CT molecular complexity index is 465. The highest BCUT2D eigenvalue weighted by Gasteiger charge is 2.20. The van der Waals surface area contributed by atoms with Gasteiger partial charge in [-0.3, -0.25) is 0 Å². The number of aliphatic imine (C=N–C) groups is 1. The molecule has 0 radical (unpaired) electrons. The number of methoxy groups -OCH3 is 1. The van der Waals surface area contributed by atoms with E-state index in [1.54, 1.807) is 7.11 Å². The number of hydrogen-bond acceptors (Lipinski definition) is 3. The number of benzene rings is 1. The lowest BCUT2D eigenvalue weighted by Crippen LogP contribution is -1.96. The van der Waals surface area contributed by atoms with Crippen LogP contribution in [0.25, 0.3) is 0 Å². The van der Waals surface area contributed by atoms with Crippen LogP contribution in [0.15, 0.2) is 11.1 Å². The van der Waals surface area contributed by atoms with Crippen molar-refractivity contribution in [1.82, 2.24) is 0 Å². The van der Waals surface area contributed by atoms with Crippen LogP contribution in [0.1, 0.15) is 23.1 Å².